The Balaban J connectivity index is 2.33. The van der Waals surface area contributed by atoms with Crippen molar-refractivity contribution in [1.82, 2.24) is 4.90 Å². The second-order valence-corrected chi connectivity index (χ2v) is 3.25. The molecule has 0 unspecified atom stereocenters. The summed E-state index contributed by atoms with van der Waals surface area (Å²) in [4.78, 5) is 2.18. The fourth-order valence-corrected chi connectivity index (χ4v) is 1.51. The van der Waals surface area contributed by atoms with Crippen LogP contribution in [-0.4, -0.2) is 4.90 Å². The standard InChI is InChI=1S/C11H13N/c1-10-5-4-7-11-6-2-3-8-12(11)9-10/h2-3,6-9H,4-5H2,1H3. The average Bonchev–Trinajstić information content (AvgIpc) is 2.25. The molecule has 0 aromatic heterocycles. The summed E-state index contributed by atoms with van der Waals surface area (Å²) in [5.41, 5.74) is 2.75. The third-order valence-corrected chi connectivity index (χ3v) is 2.17. The van der Waals surface area contributed by atoms with Crippen LogP contribution >= 0.6 is 0 Å². The van der Waals surface area contributed by atoms with E-state index in [0.717, 1.165) is 6.42 Å². The van der Waals surface area contributed by atoms with Crippen molar-refractivity contribution < 1.29 is 0 Å². The second-order valence-electron chi connectivity index (χ2n) is 3.25. The Labute approximate surface area is 73.4 Å². The third-order valence-electron chi connectivity index (χ3n) is 2.17. The lowest BCUT2D eigenvalue weighted by molar-refractivity contribution is 0.641. The molecule has 0 bridgehead atoms. The largest absolute Gasteiger partial charge is 0.324 e. The number of hydrogen-bond acceptors (Lipinski definition) is 1. The smallest absolute Gasteiger partial charge is 0.0409 e. The molecule has 0 aromatic carbocycles. The Kier molecular flexibility index (Phi) is 1.86. The SMILES string of the molecule is CC1=CN2C=CC=CC2=CCC1. The summed E-state index contributed by atoms with van der Waals surface area (Å²) in [5.74, 6) is 0. The van der Waals surface area contributed by atoms with Gasteiger partial charge in [-0.3, -0.25) is 0 Å². The number of hydrogen-bond donors (Lipinski definition) is 0. The van der Waals surface area contributed by atoms with E-state index in [1.807, 2.05) is 0 Å². The van der Waals surface area contributed by atoms with Gasteiger partial charge in [0.2, 0.25) is 0 Å². The van der Waals surface area contributed by atoms with Gasteiger partial charge in [-0.25, -0.2) is 0 Å². The van der Waals surface area contributed by atoms with Gasteiger partial charge in [-0.1, -0.05) is 17.7 Å². The minimum Gasteiger partial charge on any atom is -0.324 e. The van der Waals surface area contributed by atoms with Crippen molar-refractivity contribution in [3.8, 4) is 0 Å². The molecule has 0 saturated heterocycles. The van der Waals surface area contributed by atoms with E-state index in [1.54, 1.807) is 0 Å². The summed E-state index contributed by atoms with van der Waals surface area (Å²) >= 11 is 0. The molecule has 0 spiro atoms. The molecule has 0 fully saturated rings. The fraction of sp³-hybridized carbons (Fsp3) is 0.273. The molecule has 1 heteroatoms. The first-order valence-electron chi connectivity index (χ1n) is 4.37. The molecule has 0 amide bonds. The molecule has 0 aromatic rings. The molecule has 0 atom stereocenters. The van der Waals surface area contributed by atoms with E-state index >= 15 is 0 Å². The van der Waals surface area contributed by atoms with Crippen LogP contribution in [-0.2, 0) is 0 Å². The summed E-state index contributed by atoms with van der Waals surface area (Å²) in [6, 6.07) is 0. The Morgan fingerprint density at radius 2 is 2.25 bits per heavy atom. The minimum absolute atomic E-state index is 1.16. The third kappa shape index (κ3) is 1.35. The first kappa shape index (κ1) is 7.41. The van der Waals surface area contributed by atoms with Crippen LogP contribution in [0.3, 0.4) is 0 Å². The monoisotopic (exact) mass is 159 g/mol. The van der Waals surface area contributed by atoms with Crippen molar-refractivity contribution in [3.63, 3.8) is 0 Å². The normalized spacial score (nSPS) is 21.2. The Bertz CT molecular complexity index is 292. The van der Waals surface area contributed by atoms with Crippen LogP contribution in [0.4, 0.5) is 0 Å². The van der Waals surface area contributed by atoms with Gasteiger partial charge >= 0.3 is 0 Å². The molecular weight excluding hydrogens is 146 g/mol. The minimum atomic E-state index is 1.16. The van der Waals surface area contributed by atoms with Crippen LogP contribution in [0, 0.1) is 0 Å². The van der Waals surface area contributed by atoms with E-state index in [4.69, 9.17) is 0 Å². The van der Waals surface area contributed by atoms with Gasteiger partial charge in [0.05, 0.1) is 0 Å². The summed E-state index contributed by atoms with van der Waals surface area (Å²) in [5, 5.41) is 0. The zero-order valence-corrected chi connectivity index (χ0v) is 7.33. The van der Waals surface area contributed by atoms with Crippen LogP contribution in [0.15, 0.2) is 48.0 Å². The van der Waals surface area contributed by atoms with Gasteiger partial charge in [-0.05, 0) is 31.9 Å². The first-order chi connectivity index (χ1) is 5.86. The van der Waals surface area contributed by atoms with Gasteiger partial charge < -0.3 is 4.90 Å². The maximum absolute atomic E-state index is 2.28. The summed E-state index contributed by atoms with van der Waals surface area (Å²) in [7, 11) is 0. The van der Waals surface area contributed by atoms with E-state index < -0.39 is 0 Å². The summed E-state index contributed by atoms with van der Waals surface area (Å²) < 4.78 is 0. The summed E-state index contributed by atoms with van der Waals surface area (Å²) in [6.07, 6.45) is 15.2. The highest BCUT2D eigenvalue weighted by Gasteiger charge is 2.06. The van der Waals surface area contributed by atoms with Crippen molar-refractivity contribution in [1.29, 1.82) is 0 Å². The van der Waals surface area contributed by atoms with Crippen molar-refractivity contribution in [2.24, 2.45) is 0 Å². The van der Waals surface area contributed by atoms with Crippen molar-refractivity contribution >= 4 is 0 Å². The highest BCUT2D eigenvalue weighted by molar-refractivity contribution is 5.31. The Hall–Kier alpha value is -1.24. The maximum Gasteiger partial charge on any atom is 0.0409 e. The molecule has 2 aliphatic heterocycles. The quantitative estimate of drug-likeness (QED) is 0.525. The van der Waals surface area contributed by atoms with E-state index in [1.165, 1.54) is 17.7 Å². The number of rotatable bonds is 0. The highest BCUT2D eigenvalue weighted by Crippen LogP contribution is 2.20. The summed E-state index contributed by atoms with van der Waals surface area (Å²) in [6.45, 7) is 2.18. The molecule has 12 heavy (non-hydrogen) atoms. The second kappa shape index (κ2) is 3.02. The molecule has 2 heterocycles. The molecule has 0 N–H and O–H groups in total. The van der Waals surface area contributed by atoms with Gasteiger partial charge in [0.1, 0.15) is 0 Å². The van der Waals surface area contributed by atoms with Crippen LogP contribution in [0.1, 0.15) is 19.8 Å². The molecule has 62 valence electrons. The van der Waals surface area contributed by atoms with Gasteiger partial charge in [0.25, 0.3) is 0 Å². The zero-order chi connectivity index (χ0) is 8.39. The fourth-order valence-electron chi connectivity index (χ4n) is 1.51. The van der Waals surface area contributed by atoms with Crippen LogP contribution in [0.2, 0.25) is 0 Å². The van der Waals surface area contributed by atoms with E-state index in [0.29, 0.717) is 0 Å². The van der Waals surface area contributed by atoms with Gasteiger partial charge in [-0.15, -0.1) is 0 Å². The molecule has 1 nitrogen and oxygen atoms in total. The maximum atomic E-state index is 2.28. The van der Waals surface area contributed by atoms with E-state index in [9.17, 15) is 0 Å². The topological polar surface area (TPSA) is 3.24 Å². The Morgan fingerprint density at radius 3 is 3.17 bits per heavy atom. The van der Waals surface area contributed by atoms with Crippen molar-refractivity contribution in [3.05, 3.63) is 48.0 Å². The van der Waals surface area contributed by atoms with E-state index in [2.05, 4.69) is 48.5 Å². The van der Waals surface area contributed by atoms with Crippen LogP contribution in [0.25, 0.3) is 0 Å². The Morgan fingerprint density at radius 1 is 1.33 bits per heavy atom. The molecule has 0 radical (unpaired) electrons. The average molecular weight is 159 g/mol. The molecule has 2 rings (SSSR count). The number of fused-ring (bicyclic) bond motifs is 1. The zero-order valence-electron chi connectivity index (χ0n) is 7.33. The number of nitrogens with zero attached hydrogens (tertiary/aromatic N) is 1. The lowest BCUT2D eigenvalue weighted by Gasteiger charge is -2.18. The van der Waals surface area contributed by atoms with Crippen LogP contribution < -0.4 is 0 Å². The van der Waals surface area contributed by atoms with Crippen LogP contribution in [0.5, 0.6) is 0 Å². The van der Waals surface area contributed by atoms with Gasteiger partial charge in [-0.2, -0.15) is 0 Å². The first-order valence-corrected chi connectivity index (χ1v) is 4.37. The molecular formula is C11H13N. The van der Waals surface area contributed by atoms with Crippen molar-refractivity contribution in [2.45, 2.75) is 19.8 Å². The van der Waals surface area contributed by atoms with Gasteiger partial charge in [0.15, 0.2) is 0 Å². The van der Waals surface area contributed by atoms with Gasteiger partial charge in [0, 0.05) is 18.1 Å². The lowest BCUT2D eigenvalue weighted by atomic mass is 10.2. The van der Waals surface area contributed by atoms with Crippen molar-refractivity contribution in [2.75, 3.05) is 0 Å². The number of allylic oxidation sites excluding steroid dienone is 5. The lowest BCUT2D eigenvalue weighted by Crippen LogP contribution is -2.08. The van der Waals surface area contributed by atoms with E-state index in [-0.39, 0.29) is 0 Å². The molecule has 2 aliphatic rings. The molecule has 0 saturated carbocycles. The molecule has 0 aliphatic carbocycles. The predicted octanol–water partition coefficient (Wildman–Crippen LogP) is 2.95. The highest BCUT2D eigenvalue weighted by atomic mass is 15.1. The predicted molar refractivity (Wildman–Crippen MR) is 51.2 cm³/mol.